The Morgan fingerprint density at radius 3 is 2.59 bits per heavy atom. The lowest BCUT2D eigenvalue weighted by molar-refractivity contribution is -0.137. The van der Waals surface area contributed by atoms with Gasteiger partial charge in [-0.3, -0.25) is 9.59 Å². The van der Waals surface area contributed by atoms with Crippen LogP contribution in [-0.4, -0.2) is 35.9 Å². The third-order valence-electron chi connectivity index (χ3n) is 7.09. The molecule has 0 radical (unpaired) electrons. The van der Waals surface area contributed by atoms with E-state index in [2.05, 4.69) is 54.1 Å². The van der Waals surface area contributed by atoms with Crippen molar-refractivity contribution in [2.75, 3.05) is 13.1 Å². The number of amides is 2. The summed E-state index contributed by atoms with van der Waals surface area (Å²) >= 11 is 0. The molecule has 34 heavy (non-hydrogen) atoms. The Balaban J connectivity index is 1.67. The number of carbonyl (C=O) groups is 2. The van der Waals surface area contributed by atoms with Crippen molar-refractivity contribution in [2.45, 2.75) is 64.5 Å². The largest absolute Gasteiger partial charge is 0.481 e. The molecule has 1 aliphatic carbocycles. The highest BCUT2D eigenvalue weighted by Crippen LogP contribution is 2.40. The van der Waals surface area contributed by atoms with E-state index in [0.717, 1.165) is 49.8 Å². The zero-order chi connectivity index (χ0) is 24.1. The van der Waals surface area contributed by atoms with Crippen LogP contribution in [0, 0.1) is 12.8 Å². The normalized spacial score (nSPS) is 18.8. The molecular weight excluding hydrogens is 424 g/mol. The van der Waals surface area contributed by atoms with Crippen molar-refractivity contribution in [1.29, 1.82) is 0 Å². The van der Waals surface area contributed by atoms with Gasteiger partial charge in [-0.15, -0.1) is 6.58 Å². The summed E-state index contributed by atoms with van der Waals surface area (Å²) in [6, 6.07) is 14.4. The number of ether oxygens (including phenoxy) is 1. The van der Waals surface area contributed by atoms with Crippen LogP contribution in [0.15, 0.2) is 55.1 Å². The Morgan fingerprint density at radius 1 is 1.18 bits per heavy atom. The number of carbonyl (C=O) groups excluding carboxylic acids is 2. The molecular formula is C29H36N2O3. The van der Waals surface area contributed by atoms with Crippen LogP contribution < -0.4 is 10.1 Å². The van der Waals surface area contributed by atoms with Crippen molar-refractivity contribution < 1.29 is 14.3 Å². The third kappa shape index (κ3) is 5.19. The molecule has 0 bridgehead atoms. The first-order chi connectivity index (χ1) is 16.5. The molecule has 5 heteroatoms. The van der Waals surface area contributed by atoms with Gasteiger partial charge in [0.05, 0.1) is 6.04 Å². The summed E-state index contributed by atoms with van der Waals surface area (Å²) in [5.74, 6) is 0.919. The van der Waals surface area contributed by atoms with Gasteiger partial charge in [0, 0.05) is 19.0 Å². The van der Waals surface area contributed by atoms with Crippen molar-refractivity contribution in [1.82, 2.24) is 10.2 Å². The first kappa shape index (κ1) is 24.1. The Labute approximate surface area is 203 Å². The fourth-order valence-corrected chi connectivity index (χ4v) is 5.19. The summed E-state index contributed by atoms with van der Waals surface area (Å²) in [5, 5.41) is 2.82. The van der Waals surface area contributed by atoms with E-state index in [1.807, 2.05) is 19.1 Å². The summed E-state index contributed by atoms with van der Waals surface area (Å²) in [6.45, 7) is 8.81. The third-order valence-corrected chi connectivity index (χ3v) is 7.09. The number of nitrogens with zero attached hydrogens (tertiary/aromatic N) is 1. The summed E-state index contributed by atoms with van der Waals surface area (Å²) in [5.41, 5.74) is 4.64. The van der Waals surface area contributed by atoms with E-state index in [-0.39, 0.29) is 23.8 Å². The van der Waals surface area contributed by atoms with Crippen LogP contribution in [0.2, 0.25) is 0 Å². The zero-order valence-electron chi connectivity index (χ0n) is 20.4. The number of hydrogen-bond acceptors (Lipinski definition) is 3. The Morgan fingerprint density at radius 2 is 1.91 bits per heavy atom. The van der Waals surface area contributed by atoms with Crippen LogP contribution in [0.1, 0.15) is 67.3 Å². The first-order valence-corrected chi connectivity index (χ1v) is 12.6. The van der Waals surface area contributed by atoms with Crippen LogP contribution >= 0.6 is 0 Å². The van der Waals surface area contributed by atoms with Crippen LogP contribution in [0.4, 0.5) is 0 Å². The number of benzene rings is 2. The molecule has 0 aromatic heterocycles. The highest BCUT2D eigenvalue weighted by Gasteiger charge is 2.36. The molecule has 2 aromatic carbocycles. The second-order valence-corrected chi connectivity index (χ2v) is 9.49. The summed E-state index contributed by atoms with van der Waals surface area (Å²) in [7, 11) is 0. The number of hydrogen-bond donors (Lipinski definition) is 1. The zero-order valence-corrected chi connectivity index (χ0v) is 20.4. The molecule has 1 heterocycles. The number of fused-ring (bicyclic) bond motifs is 1. The molecule has 2 aliphatic rings. The van der Waals surface area contributed by atoms with Gasteiger partial charge < -0.3 is 15.0 Å². The fourth-order valence-electron chi connectivity index (χ4n) is 5.19. The molecule has 0 spiro atoms. The van der Waals surface area contributed by atoms with Crippen molar-refractivity contribution in [3.63, 3.8) is 0 Å². The van der Waals surface area contributed by atoms with Crippen molar-refractivity contribution >= 4 is 11.8 Å². The van der Waals surface area contributed by atoms with E-state index in [1.165, 1.54) is 11.1 Å². The molecule has 2 atom stereocenters. The van der Waals surface area contributed by atoms with Gasteiger partial charge >= 0.3 is 0 Å². The summed E-state index contributed by atoms with van der Waals surface area (Å²) in [6.07, 6.45) is 6.73. The van der Waals surface area contributed by atoms with E-state index in [4.69, 9.17) is 4.74 Å². The highest BCUT2D eigenvalue weighted by molar-refractivity contribution is 5.81. The maximum Gasteiger partial charge on any atom is 0.261 e. The van der Waals surface area contributed by atoms with Crippen LogP contribution in [-0.2, 0) is 16.0 Å². The quantitative estimate of drug-likeness (QED) is 0.557. The van der Waals surface area contributed by atoms with Crippen molar-refractivity contribution in [3.05, 3.63) is 77.4 Å². The average molecular weight is 461 g/mol. The van der Waals surface area contributed by atoms with Crippen LogP contribution in [0.25, 0.3) is 0 Å². The molecule has 1 fully saturated rings. The monoisotopic (exact) mass is 460 g/mol. The highest BCUT2D eigenvalue weighted by atomic mass is 16.5. The van der Waals surface area contributed by atoms with E-state index in [0.29, 0.717) is 18.7 Å². The molecule has 0 saturated heterocycles. The molecule has 180 valence electrons. The molecule has 2 amide bonds. The maximum atomic E-state index is 13.6. The average Bonchev–Trinajstić information content (AvgIpc) is 3.40. The Bertz CT molecular complexity index is 1020. The van der Waals surface area contributed by atoms with Gasteiger partial charge in [0.1, 0.15) is 5.75 Å². The van der Waals surface area contributed by atoms with Gasteiger partial charge in [-0.2, -0.15) is 0 Å². The smallest absolute Gasteiger partial charge is 0.261 e. The number of rotatable bonds is 8. The van der Waals surface area contributed by atoms with E-state index < -0.39 is 6.10 Å². The topological polar surface area (TPSA) is 58.6 Å². The predicted molar refractivity (Wildman–Crippen MR) is 135 cm³/mol. The number of aryl methyl sites for hydroxylation is 1. The molecule has 2 aromatic rings. The van der Waals surface area contributed by atoms with Gasteiger partial charge in [0.25, 0.3) is 5.91 Å². The number of nitrogens with one attached hydrogen (secondary N) is 1. The van der Waals surface area contributed by atoms with E-state index in [1.54, 1.807) is 6.08 Å². The molecule has 5 nitrogen and oxygen atoms in total. The first-order valence-electron chi connectivity index (χ1n) is 12.6. The minimum Gasteiger partial charge on any atom is -0.481 e. The molecule has 1 saturated carbocycles. The molecule has 1 N–H and O–H groups in total. The van der Waals surface area contributed by atoms with Gasteiger partial charge in [-0.05, 0) is 61.4 Å². The Hall–Kier alpha value is -3.08. The van der Waals surface area contributed by atoms with Crippen LogP contribution in [0.3, 0.4) is 0 Å². The standard InChI is InChI=1S/C29H36N2O3/c1-4-17-30-28(32)26(5-2)34-24-15-14-21-16-18-31(29(33)23-8-6-7-9-23)27(25(21)19-24)22-12-10-20(3)11-13-22/h4,10-15,19,23,26-27H,1,5-9,16-18H2,2-3H3,(H,30,32)/t26-,27-/m0/s1. The van der Waals surface area contributed by atoms with Gasteiger partial charge in [-0.1, -0.05) is 61.7 Å². The van der Waals surface area contributed by atoms with Crippen LogP contribution in [0.5, 0.6) is 5.75 Å². The van der Waals surface area contributed by atoms with Crippen molar-refractivity contribution in [2.24, 2.45) is 5.92 Å². The lowest BCUT2D eigenvalue weighted by Gasteiger charge is -2.39. The minimum atomic E-state index is -0.573. The molecule has 1 aliphatic heterocycles. The van der Waals surface area contributed by atoms with E-state index in [9.17, 15) is 9.59 Å². The molecule has 4 rings (SSSR count). The predicted octanol–water partition coefficient (Wildman–Crippen LogP) is 5.12. The fraction of sp³-hybridized carbons (Fsp3) is 0.448. The lowest BCUT2D eigenvalue weighted by atomic mass is 9.86. The van der Waals surface area contributed by atoms with Gasteiger partial charge in [-0.25, -0.2) is 0 Å². The minimum absolute atomic E-state index is 0.131. The Kier molecular flexibility index (Phi) is 7.71. The second-order valence-electron chi connectivity index (χ2n) is 9.49. The maximum absolute atomic E-state index is 13.6. The lowest BCUT2D eigenvalue weighted by Crippen LogP contribution is -2.43. The van der Waals surface area contributed by atoms with E-state index >= 15 is 0 Å². The van der Waals surface area contributed by atoms with Gasteiger partial charge in [0.2, 0.25) is 5.91 Å². The second kappa shape index (κ2) is 10.9. The van der Waals surface area contributed by atoms with Gasteiger partial charge in [0.15, 0.2) is 6.10 Å². The van der Waals surface area contributed by atoms with Crippen molar-refractivity contribution in [3.8, 4) is 5.75 Å². The summed E-state index contributed by atoms with van der Waals surface area (Å²) < 4.78 is 6.14. The molecule has 0 unspecified atom stereocenters. The SMILES string of the molecule is C=CCNC(=O)[C@H](CC)Oc1ccc2c(c1)[C@H](c1ccc(C)cc1)N(C(=O)C1CCCC1)CC2. The summed E-state index contributed by atoms with van der Waals surface area (Å²) in [4.78, 5) is 28.2.